The molecular formula is C26H50O6. The topological polar surface area (TPSA) is 82.1 Å². The number of carbonyl (C=O) groups is 2. The van der Waals surface area contributed by atoms with Crippen molar-refractivity contribution in [2.75, 3.05) is 6.61 Å². The van der Waals surface area contributed by atoms with Crippen molar-refractivity contribution in [3.63, 3.8) is 0 Å². The predicted molar refractivity (Wildman–Crippen MR) is 129 cm³/mol. The first-order valence-electron chi connectivity index (χ1n) is 11.8. The predicted octanol–water partition coefficient (Wildman–Crippen LogP) is 5.34. The molecule has 0 bridgehead atoms. The molecule has 1 N–H and O–H groups in total. The number of Topliss-reactive ketones (excluding diaryl/α,β-unsaturated/α-hetero) is 1. The van der Waals surface area contributed by atoms with Gasteiger partial charge in [0.05, 0.1) is 28.6 Å². The highest BCUT2D eigenvalue weighted by atomic mass is 16.6. The SMILES string of the molecule is CC(C)OC(C)C(=O)C(C)(C)C(C)(C)OCCC(C)(C)C(C)(C)OC(=O)C(C)C(C)(C)O. The third kappa shape index (κ3) is 7.81. The molecule has 0 rings (SSSR count). The molecule has 0 saturated heterocycles. The highest BCUT2D eigenvalue weighted by Crippen LogP contribution is 2.40. The van der Waals surface area contributed by atoms with Gasteiger partial charge in [0.1, 0.15) is 11.7 Å². The van der Waals surface area contributed by atoms with Crippen LogP contribution in [0.1, 0.15) is 103 Å². The van der Waals surface area contributed by atoms with Crippen molar-refractivity contribution in [3.8, 4) is 0 Å². The highest BCUT2D eigenvalue weighted by molar-refractivity contribution is 5.89. The normalized spacial score (nSPS) is 16.1. The third-order valence-corrected chi connectivity index (χ3v) is 7.56. The van der Waals surface area contributed by atoms with Crippen molar-refractivity contribution in [1.29, 1.82) is 0 Å². The number of esters is 1. The molecule has 6 heteroatoms. The minimum Gasteiger partial charge on any atom is -0.459 e. The number of aliphatic hydroxyl groups is 1. The quantitative estimate of drug-likeness (QED) is 0.375. The number of rotatable bonds is 13. The number of ether oxygens (including phenoxy) is 3. The van der Waals surface area contributed by atoms with Gasteiger partial charge in [0.2, 0.25) is 0 Å². The number of carbonyl (C=O) groups excluding carboxylic acids is 2. The highest BCUT2D eigenvalue weighted by Gasteiger charge is 2.47. The van der Waals surface area contributed by atoms with Gasteiger partial charge in [-0.05, 0) is 75.7 Å². The van der Waals surface area contributed by atoms with Gasteiger partial charge in [0, 0.05) is 12.0 Å². The van der Waals surface area contributed by atoms with Crippen LogP contribution in [0.2, 0.25) is 0 Å². The van der Waals surface area contributed by atoms with E-state index in [1.165, 1.54) is 0 Å². The fraction of sp³-hybridized carbons (Fsp3) is 0.923. The molecule has 2 unspecified atom stereocenters. The monoisotopic (exact) mass is 458 g/mol. The molecule has 0 saturated carbocycles. The number of ketones is 1. The molecule has 0 aliphatic rings. The second kappa shape index (κ2) is 10.5. The Morgan fingerprint density at radius 2 is 1.28 bits per heavy atom. The molecule has 0 aromatic rings. The average molecular weight is 459 g/mol. The molecule has 190 valence electrons. The van der Waals surface area contributed by atoms with E-state index in [-0.39, 0.29) is 11.9 Å². The van der Waals surface area contributed by atoms with Crippen LogP contribution >= 0.6 is 0 Å². The van der Waals surface area contributed by atoms with Gasteiger partial charge in [0.25, 0.3) is 0 Å². The number of hydrogen-bond donors (Lipinski definition) is 1. The summed E-state index contributed by atoms with van der Waals surface area (Å²) in [5.74, 6) is -1.07. The summed E-state index contributed by atoms with van der Waals surface area (Å²) in [4.78, 5) is 25.6. The van der Waals surface area contributed by atoms with Crippen molar-refractivity contribution in [1.82, 2.24) is 0 Å². The summed E-state index contributed by atoms with van der Waals surface area (Å²) in [7, 11) is 0. The third-order valence-electron chi connectivity index (χ3n) is 7.56. The van der Waals surface area contributed by atoms with E-state index in [0.717, 1.165) is 0 Å². The maximum Gasteiger partial charge on any atom is 0.312 e. The first-order valence-corrected chi connectivity index (χ1v) is 11.8. The fourth-order valence-corrected chi connectivity index (χ4v) is 3.08. The first-order chi connectivity index (χ1) is 14.0. The van der Waals surface area contributed by atoms with Gasteiger partial charge in [-0.15, -0.1) is 0 Å². The second-order valence-corrected chi connectivity index (χ2v) is 12.1. The summed E-state index contributed by atoms with van der Waals surface area (Å²) in [6.45, 7) is 26.3. The van der Waals surface area contributed by atoms with Crippen LogP contribution in [0.15, 0.2) is 0 Å². The van der Waals surface area contributed by atoms with Gasteiger partial charge >= 0.3 is 5.97 Å². The Bertz CT molecular complexity index is 637. The molecule has 0 aromatic heterocycles. The molecule has 0 amide bonds. The average Bonchev–Trinajstić information content (AvgIpc) is 2.57. The van der Waals surface area contributed by atoms with Crippen LogP contribution in [0.5, 0.6) is 0 Å². The van der Waals surface area contributed by atoms with E-state index < -0.39 is 45.6 Å². The van der Waals surface area contributed by atoms with Gasteiger partial charge in [-0.2, -0.15) is 0 Å². The standard InChI is InChI=1S/C26H50O6/c1-17(2)31-19(4)20(27)23(7,8)26(13,14)30-16-15-22(5,6)25(11,12)32-21(28)18(3)24(9,10)29/h17-19,29H,15-16H2,1-14H3. The largest absolute Gasteiger partial charge is 0.459 e. The minimum atomic E-state index is -1.15. The van der Waals surface area contributed by atoms with Crippen molar-refractivity contribution in [3.05, 3.63) is 0 Å². The Kier molecular flexibility index (Phi) is 10.2. The van der Waals surface area contributed by atoms with Crippen LogP contribution in [-0.4, -0.2) is 52.5 Å². The van der Waals surface area contributed by atoms with E-state index >= 15 is 0 Å². The molecule has 0 aliphatic heterocycles. The molecule has 2 atom stereocenters. The molecule has 0 aliphatic carbocycles. The maximum absolute atomic E-state index is 13.0. The lowest BCUT2D eigenvalue weighted by molar-refractivity contribution is -0.184. The summed E-state index contributed by atoms with van der Waals surface area (Å²) < 4.78 is 17.8. The smallest absolute Gasteiger partial charge is 0.312 e. The molecular weight excluding hydrogens is 408 g/mol. The zero-order chi connectivity index (χ0) is 25.9. The fourth-order valence-electron chi connectivity index (χ4n) is 3.08. The lowest BCUT2D eigenvalue weighted by Crippen LogP contribution is -2.52. The summed E-state index contributed by atoms with van der Waals surface area (Å²) in [5, 5.41) is 10.1. The summed E-state index contributed by atoms with van der Waals surface area (Å²) >= 11 is 0. The van der Waals surface area contributed by atoms with Crippen molar-refractivity contribution >= 4 is 11.8 Å². The summed E-state index contributed by atoms with van der Waals surface area (Å²) in [5.41, 5.74) is -3.80. The molecule has 0 spiro atoms. The van der Waals surface area contributed by atoms with E-state index in [9.17, 15) is 14.7 Å². The zero-order valence-corrected chi connectivity index (χ0v) is 23.1. The Hall–Kier alpha value is -0.980. The van der Waals surface area contributed by atoms with Gasteiger partial charge in [-0.3, -0.25) is 9.59 Å². The van der Waals surface area contributed by atoms with Gasteiger partial charge < -0.3 is 19.3 Å². The van der Waals surface area contributed by atoms with Crippen LogP contribution in [-0.2, 0) is 23.8 Å². The van der Waals surface area contributed by atoms with Gasteiger partial charge in [-0.25, -0.2) is 0 Å². The van der Waals surface area contributed by atoms with E-state index in [2.05, 4.69) is 0 Å². The summed E-state index contributed by atoms with van der Waals surface area (Å²) in [6.07, 6.45) is 0.0784. The Morgan fingerprint density at radius 1 is 0.812 bits per heavy atom. The van der Waals surface area contributed by atoms with E-state index in [1.807, 2.05) is 69.2 Å². The van der Waals surface area contributed by atoms with Gasteiger partial charge in [-0.1, -0.05) is 27.7 Å². The first kappa shape index (κ1) is 31.0. The molecule has 32 heavy (non-hydrogen) atoms. The maximum atomic E-state index is 13.0. The van der Waals surface area contributed by atoms with Gasteiger partial charge in [0.15, 0.2) is 5.78 Å². The van der Waals surface area contributed by atoms with Crippen molar-refractivity contribution in [2.45, 2.75) is 132 Å². The Balaban J connectivity index is 5.21. The van der Waals surface area contributed by atoms with E-state index in [4.69, 9.17) is 14.2 Å². The van der Waals surface area contributed by atoms with Crippen molar-refractivity contribution < 1.29 is 28.9 Å². The molecule has 0 fully saturated rings. The molecule has 0 aromatic carbocycles. The van der Waals surface area contributed by atoms with E-state index in [0.29, 0.717) is 13.0 Å². The number of hydrogen-bond acceptors (Lipinski definition) is 6. The lowest BCUT2D eigenvalue weighted by atomic mass is 9.71. The van der Waals surface area contributed by atoms with Crippen LogP contribution in [0.25, 0.3) is 0 Å². The molecule has 0 radical (unpaired) electrons. The lowest BCUT2D eigenvalue weighted by Gasteiger charge is -2.44. The van der Waals surface area contributed by atoms with Crippen LogP contribution < -0.4 is 0 Å². The second-order valence-electron chi connectivity index (χ2n) is 12.1. The Labute approximate surface area is 196 Å². The molecule has 6 nitrogen and oxygen atoms in total. The minimum absolute atomic E-state index is 0.00493. The van der Waals surface area contributed by atoms with Crippen LogP contribution in [0, 0.1) is 16.7 Å². The zero-order valence-electron chi connectivity index (χ0n) is 23.1. The summed E-state index contributed by atoms with van der Waals surface area (Å²) in [6, 6.07) is 0. The van der Waals surface area contributed by atoms with Crippen molar-refractivity contribution in [2.24, 2.45) is 16.7 Å². The van der Waals surface area contributed by atoms with Crippen LogP contribution in [0.3, 0.4) is 0 Å². The van der Waals surface area contributed by atoms with Crippen LogP contribution in [0.4, 0.5) is 0 Å². The Morgan fingerprint density at radius 3 is 1.69 bits per heavy atom. The molecule has 0 heterocycles. The van der Waals surface area contributed by atoms with E-state index in [1.54, 1.807) is 27.7 Å².